The van der Waals surface area contributed by atoms with Crippen molar-refractivity contribution in [3.63, 3.8) is 0 Å². The second-order valence-corrected chi connectivity index (χ2v) is 9.21. The summed E-state index contributed by atoms with van der Waals surface area (Å²) in [5, 5.41) is 19.0. The molecule has 2 aromatic rings. The Kier molecular flexibility index (Phi) is 8.61. The first-order chi connectivity index (χ1) is 12.8. The number of hydrogen-bond donors (Lipinski definition) is 4. The number of phenolic OH excluding ortho intramolecular Hbond substituents is 2. The largest absolute Gasteiger partial charge is 2.00 e. The van der Waals surface area contributed by atoms with Crippen LogP contribution in [0.1, 0.15) is 25.7 Å². The topological polar surface area (TPSA) is 197 Å². The van der Waals surface area contributed by atoms with Gasteiger partial charge in [0.2, 0.25) is 0 Å². The minimum Gasteiger partial charge on any atom is -0.676 e. The number of rotatable bonds is 2. The minimum absolute atomic E-state index is 0. The average Bonchev–Trinajstić information content (AvgIpc) is 2.55. The maximum atomic E-state index is 11.0. The van der Waals surface area contributed by atoms with Gasteiger partial charge in [-0.25, -0.2) is 0 Å². The number of nitrogens with one attached hydrogen (secondary N) is 2. The number of benzene rings is 2. The molecule has 0 aromatic heterocycles. The first kappa shape index (κ1) is 25.8. The Hall–Kier alpha value is -1.27. The predicted molar refractivity (Wildman–Crippen MR) is 102 cm³/mol. The van der Waals surface area contributed by atoms with Gasteiger partial charge in [0.15, 0.2) is 0 Å². The van der Waals surface area contributed by atoms with E-state index in [2.05, 4.69) is 0 Å². The molecule has 0 aliphatic heterocycles. The zero-order valence-corrected chi connectivity index (χ0v) is 18.8. The Balaban J connectivity index is 0.000000394. The normalized spacial score (nSPS) is 19.7. The first-order valence-electron chi connectivity index (χ1n) is 8.17. The Labute approximate surface area is 182 Å². The molecule has 2 atom stereocenters. The molecule has 164 valence electrons. The molecule has 1 fully saturated rings. The van der Waals surface area contributed by atoms with Gasteiger partial charge in [0.05, 0.1) is 0 Å². The molecule has 29 heavy (non-hydrogen) atoms. The zero-order valence-electron chi connectivity index (χ0n) is 14.8. The Morgan fingerprint density at radius 2 is 1.03 bits per heavy atom. The molecule has 0 saturated heterocycles. The molecule has 0 amide bonds. The second-order valence-electron chi connectivity index (χ2n) is 6.43. The van der Waals surface area contributed by atoms with Crippen LogP contribution in [0.2, 0.25) is 0 Å². The van der Waals surface area contributed by atoms with Gasteiger partial charge in [-0.05, 0) is 35.0 Å². The number of hydrogen-bond acceptors (Lipinski definition) is 6. The summed E-state index contributed by atoms with van der Waals surface area (Å²) in [6.07, 6.45) is 4.25. The van der Waals surface area contributed by atoms with Crippen molar-refractivity contribution in [2.24, 2.45) is 0 Å². The smallest absolute Gasteiger partial charge is 0.676 e. The van der Waals surface area contributed by atoms with Crippen LogP contribution in [0.4, 0.5) is 0 Å². The molecule has 0 radical (unpaired) electrons. The maximum absolute atomic E-state index is 11.0. The molecule has 6 N–H and O–H groups in total. The quantitative estimate of drug-likeness (QED) is 0.364. The van der Waals surface area contributed by atoms with Crippen molar-refractivity contribution in [1.29, 1.82) is 0 Å². The first-order valence-corrected chi connectivity index (χ1v) is 11.1. The van der Waals surface area contributed by atoms with Gasteiger partial charge in [0.25, 0.3) is 20.2 Å². The summed E-state index contributed by atoms with van der Waals surface area (Å²) in [6, 6.07) is 3.31. The molecule has 10 nitrogen and oxygen atoms in total. The van der Waals surface area contributed by atoms with Crippen molar-refractivity contribution in [2.45, 2.75) is 47.6 Å². The Morgan fingerprint density at radius 1 is 0.724 bits per heavy atom. The van der Waals surface area contributed by atoms with E-state index < -0.39 is 41.5 Å². The number of aromatic hydroxyl groups is 2. The molecule has 0 bridgehead atoms. The number of phenols is 2. The van der Waals surface area contributed by atoms with Crippen LogP contribution in [0.15, 0.2) is 34.1 Å². The van der Waals surface area contributed by atoms with E-state index in [0.29, 0.717) is 0 Å². The Bertz CT molecular complexity index is 1010. The molecule has 0 spiro atoms. The van der Waals surface area contributed by atoms with Crippen molar-refractivity contribution < 1.29 is 57.2 Å². The molecule has 2 unspecified atom stereocenters. The fourth-order valence-corrected chi connectivity index (χ4v) is 4.03. The SMILES string of the molecule is O=S(=O)(O)c1cc2cc(S(=O)(=O)O)c(O)cc2cc1O.[NH-]C1CCCCC1[NH-].[Pt+2]. The fourth-order valence-electron chi connectivity index (χ4n) is 2.83. The van der Waals surface area contributed by atoms with Gasteiger partial charge in [-0.2, -0.15) is 28.9 Å². The van der Waals surface area contributed by atoms with Crippen LogP contribution in [-0.4, -0.2) is 48.2 Å². The third-order valence-corrected chi connectivity index (χ3v) is 6.08. The summed E-state index contributed by atoms with van der Waals surface area (Å²) >= 11 is 0. The van der Waals surface area contributed by atoms with Crippen LogP contribution >= 0.6 is 0 Å². The second kappa shape index (κ2) is 9.69. The van der Waals surface area contributed by atoms with Gasteiger partial charge < -0.3 is 21.7 Å². The molecule has 2 aromatic carbocycles. The maximum Gasteiger partial charge on any atom is 2.00 e. The third kappa shape index (κ3) is 6.61. The summed E-state index contributed by atoms with van der Waals surface area (Å²) in [4.78, 5) is -1.64. The molecule has 3 rings (SSSR count). The van der Waals surface area contributed by atoms with Crippen LogP contribution in [-0.2, 0) is 41.3 Å². The van der Waals surface area contributed by atoms with Crippen molar-refractivity contribution in [3.8, 4) is 11.5 Å². The van der Waals surface area contributed by atoms with Gasteiger partial charge in [-0.1, -0.05) is 25.7 Å². The van der Waals surface area contributed by atoms with Gasteiger partial charge in [0.1, 0.15) is 21.3 Å². The van der Waals surface area contributed by atoms with E-state index in [4.69, 9.17) is 20.6 Å². The van der Waals surface area contributed by atoms with Crippen LogP contribution in [0.5, 0.6) is 11.5 Å². The van der Waals surface area contributed by atoms with Crippen molar-refractivity contribution >= 4 is 31.0 Å². The van der Waals surface area contributed by atoms with Gasteiger partial charge >= 0.3 is 21.1 Å². The van der Waals surface area contributed by atoms with Crippen LogP contribution < -0.4 is 0 Å². The third-order valence-electron chi connectivity index (χ3n) is 4.32. The van der Waals surface area contributed by atoms with E-state index in [1.54, 1.807) is 0 Å². The van der Waals surface area contributed by atoms with E-state index in [1.165, 1.54) is 12.8 Å². The summed E-state index contributed by atoms with van der Waals surface area (Å²) < 4.78 is 61.9. The van der Waals surface area contributed by atoms with E-state index in [0.717, 1.165) is 37.1 Å². The minimum atomic E-state index is -4.71. The summed E-state index contributed by atoms with van der Waals surface area (Å²) in [6.45, 7) is 0. The van der Waals surface area contributed by atoms with Gasteiger partial charge in [-0.15, -0.1) is 0 Å². The van der Waals surface area contributed by atoms with Crippen molar-refractivity contribution in [2.75, 3.05) is 0 Å². The van der Waals surface area contributed by atoms with Gasteiger partial charge in [-0.3, -0.25) is 9.11 Å². The van der Waals surface area contributed by atoms with Crippen LogP contribution in [0.3, 0.4) is 0 Å². The molecule has 1 saturated carbocycles. The summed E-state index contributed by atoms with van der Waals surface area (Å²) in [5.41, 5.74) is 14.6. The van der Waals surface area contributed by atoms with Crippen molar-refractivity contribution in [1.82, 2.24) is 0 Å². The summed E-state index contributed by atoms with van der Waals surface area (Å²) in [5.74, 6) is -1.53. The number of fused-ring (bicyclic) bond motifs is 1. The molecule has 1 aliphatic carbocycles. The van der Waals surface area contributed by atoms with Gasteiger partial charge in [0, 0.05) is 0 Å². The zero-order chi connectivity index (χ0) is 21.3. The summed E-state index contributed by atoms with van der Waals surface area (Å²) in [7, 11) is -9.42. The van der Waals surface area contributed by atoms with E-state index in [1.807, 2.05) is 0 Å². The van der Waals surface area contributed by atoms with Crippen LogP contribution in [0.25, 0.3) is 22.2 Å². The van der Waals surface area contributed by atoms with E-state index in [-0.39, 0.29) is 43.9 Å². The molecule has 1 aliphatic rings. The predicted octanol–water partition coefficient (Wildman–Crippen LogP) is 3.14. The molecular weight excluding hydrogens is 607 g/mol. The van der Waals surface area contributed by atoms with Crippen LogP contribution in [0, 0.1) is 0 Å². The standard InChI is InChI=1S/C10H8O8S2.C6H12N2.Pt/c11-7-1-5-2-8(12)10(20(16,17)18)4-6(5)3-9(7)19(13,14)15;7-5-3-1-2-4-6(5)8;/h1-4,11-12H,(H,13,14,15)(H,16,17,18);5-8H,1-4H2;/q;-2;+2. The molecule has 13 heteroatoms. The van der Waals surface area contributed by atoms with Crippen molar-refractivity contribution in [3.05, 3.63) is 35.7 Å². The van der Waals surface area contributed by atoms with E-state index in [9.17, 15) is 27.0 Å². The molecule has 0 heterocycles. The monoisotopic (exact) mass is 627 g/mol. The molecular formula is C16H20N2O8PtS2. The average molecular weight is 628 g/mol. The fraction of sp³-hybridized carbons (Fsp3) is 0.375. The Morgan fingerprint density at radius 3 is 1.31 bits per heavy atom. The van der Waals surface area contributed by atoms with E-state index >= 15 is 0 Å².